The van der Waals surface area contributed by atoms with Crippen LogP contribution in [0.3, 0.4) is 0 Å². The van der Waals surface area contributed by atoms with Crippen molar-refractivity contribution in [1.29, 1.82) is 0 Å². The van der Waals surface area contributed by atoms with Crippen LogP contribution in [-0.4, -0.2) is 27.7 Å². The van der Waals surface area contributed by atoms with E-state index in [4.69, 9.17) is 9.31 Å². The van der Waals surface area contributed by atoms with E-state index in [2.05, 4.69) is 37.9 Å². The minimum atomic E-state index is -0.415. The highest BCUT2D eigenvalue weighted by molar-refractivity contribution is 6.62. The summed E-state index contributed by atoms with van der Waals surface area (Å²) < 4.78 is 14.4. The van der Waals surface area contributed by atoms with E-state index in [1.807, 2.05) is 50.4 Å². The second kappa shape index (κ2) is 5.91. The second-order valence-corrected chi connectivity index (χ2v) is 9.67. The van der Waals surface area contributed by atoms with Crippen LogP contribution in [0.4, 0.5) is 0 Å². The first-order chi connectivity index (χ1) is 12.9. The van der Waals surface area contributed by atoms with Gasteiger partial charge in [0.1, 0.15) is 5.65 Å². The molecule has 0 amide bonds. The third-order valence-electron chi connectivity index (χ3n) is 5.98. The highest BCUT2D eigenvalue weighted by Crippen LogP contribution is 2.36. The summed E-state index contributed by atoms with van der Waals surface area (Å²) in [7, 11) is -0.415. The third kappa shape index (κ3) is 2.95. The number of rotatable bonds is 1. The average molecular weight is 378 g/mol. The van der Waals surface area contributed by atoms with Crippen LogP contribution < -0.4 is 11.0 Å². The summed E-state index contributed by atoms with van der Waals surface area (Å²) in [5, 5.41) is 1.94. The molecule has 0 aliphatic carbocycles. The van der Waals surface area contributed by atoms with E-state index in [-0.39, 0.29) is 22.2 Å². The quantitative estimate of drug-likeness (QED) is 0.481. The first-order valence-electron chi connectivity index (χ1n) is 9.71. The molecule has 2 aromatic heterocycles. The van der Waals surface area contributed by atoms with Crippen molar-refractivity contribution >= 4 is 29.0 Å². The topological polar surface area (TPSA) is 52.8 Å². The molecule has 0 N–H and O–H groups in total. The van der Waals surface area contributed by atoms with Crippen LogP contribution in [0.2, 0.25) is 0 Å². The molecule has 1 fully saturated rings. The Morgan fingerprint density at radius 3 is 2.25 bits per heavy atom. The monoisotopic (exact) mass is 378 g/mol. The van der Waals surface area contributed by atoms with Gasteiger partial charge in [-0.2, -0.15) is 4.98 Å². The molecule has 146 valence electrons. The summed E-state index contributed by atoms with van der Waals surface area (Å²) in [5.74, 6) is 0. The molecule has 3 aromatic rings. The van der Waals surface area contributed by atoms with Gasteiger partial charge in [-0.25, -0.2) is 0 Å². The number of fused-ring (bicyclic) bond motifs is 3. The van der Waals surface area contributed by atoms with Crippen molar-refractivity contribution < 1.29 is 9.31 Å². The van der Waals surface area contributed by atoms with Crippen LogP contribution >= 0.6 is 0 Å². The van der Waals surface area contributed by atoms with Crippen molar-refractivity contribution in [3.63, 3.8) is 0 Å². The molecule has 6 heteroatoms. The Labute approximate surface area is 165 Å². The molecule has 0 spiro atoms. The molecule has 1 aliphatic rings. The van der Waals surface area contributed by atoms with E-state index in [0.29, 0.717) is 5.65 Å². The zero-order chi connectivity index (χ0) is 20.5. The lowest BCUT2D eigenvalue weighted by molar-refractivity contribution is 0.00578. The molecule has 1 aromatic carbocycles. The molecule has 5 nitrogen and oxygen atoms in total. The van der Waals surface area contributed by atoms with Crippen LogP contribution in [-0.2, 0) is 14.7 Å². The lowest BCUT2D eigenvalue weighted by Gasteiger charge is -2.32. The molecule has 0 unspecified atom stereocenters. The minimum absolute atomic E-state index is 0.165. The molecular weight excluding hydrogens is 351 g/mol. The van der Waals surface area contributed by atoms with Gasteiger partial charge in [0.2, 0.25) is 0 Å². The molecule has 3 heterocycles. The molecule has 0 bridgehead atoms. The molecule has 1 saturated heterocycles. The fourth-order valence-corrected chi connectivity index (χ4v) is 3.61. The van der Waals surface area contributed by atoms with Crippen molar-refractivity contribution in [2.45, 2.75) is 65.1 Å². The van der Waals surface area contributed by atoms with E-state index < -0.39 is 7.12 Å². The molecule has 4 rings (SSSR count). The van der Waals surface area contributed by atoms with Crippen molar-refractivity contribution in [3.05, 3.63) is 52.6 Å². The van der Waals surface area contributed by atoms with Gasteiger partial charge < -0.3 is 13.7 Å². The summed E-state index contributed by atoms with van der Waals surface area (Å²) >= 11 is 0. The van der Waals surface area contributed by atoms with E-state index in [1.54, 1.807) is 6.07 Å². The van der Waals surface area contributed by atoms with E-state index in [0.717, 1.165) is 21.9 Å². The predicted octanol–water partition coefficient (Wildman–Crippen LogP) is 3.44. The first-order valence-corrected chi connectivity index (χ1v) is 9.71. The highest BCUT2D eigenvalue weighted by atomic mass is 16.7. The van der Waals surface area contributed by atoms with Crippen LogP contribution in [0.15, 0.2) is 41.3 Å². The zero-order valence-electron chi connectivity index (χ0n) is 17.7. The van der Waals surface area contributed by atoms with Crippen LogP contribution in [0, 0.1) is 0 Å². The molecule has 28 heavy (non-hydrogen) atoms. The SMILES string of the molecule is CC(C)(C)c1cc(=O)nc2c3ccc(B4OC(C)(C)C(C)(C)O4)cc3ccn12. The summed E-state index contributed by atoms with van der Waals surface area (Å²) in [5.41, 5.74) is 1.44. The summed E-state index contributed by atoms with van der Waals surface area (Å²) in [6, 6.07) is 9.74. The fourth-order valence-electron chi connectivity index (χ4n) is 3.61. The fraction of sp³-hybridized carbons (Fsp3) is 0.455. The van der Waals surface area contributed by atoms with Gasteiger partial charge in [-0.3, -0.25) is 4.79 Å². The summed E-state index contributed by atoms with van der Waals surface area (Å²) in [6.07, 6.45) is 1.98. The average Bonchev–Trinajstić information content (AvgIpc) is 2.80. The van der Waals surface area contributed by atoms with Crippen LogP contribution in [0.25, 0.3) is 16.4 Å². The number of aromatic nitrogens is 2. The van der Waals surface area contributed by atoms with Crippen molar-refractivity contribution in [2.75, 3.05) is 0 Å². The Bertz CT molecular complexity index is 1130. The Morgan fingerprint density at radius 2 is 1.64 bits per heavy atom. The lowest BCUT2D eigenvalue weighted by atomic mass is 9.78. The van der Waals surface area contributed by atoms with Gasteiger partial charge >= 0.3 is 7.12 Å². The minimum Gasteiger partial charge on any atom is -0.399 e. The Kier molecular flexibility index (Phi) is 4.04. The summed E-state index contributed by atoms with van der Waals surface area (Å²) in [4.78, 5) is 16.5. The standard InChI is InChI=1S/C22H27BN2O3/c1-20(2,3)17-13-18(26)24-19-16-9-8-15(12-14(16)10-11-25(17)19)23-27-21(4,5)22(6,7)28-23/h8-13H,1-7H3. The molecule has 0 radical (unpaired) electrons. The number of nitrogens with zero attached hydrogens (tertiary/aromatic N) is 2. The molecular formula is C22H27BN2O3. The van der Waals surface area contributed by atoms with E-state index in [9.17, 15) is 4.79 Å². The Morgan fingerprint density at radius 1 is 1.00 bits per heavy atom. The van der Waals surface area contributed by atoms with E-state index in [1.165, 1.54) is 0 Å². The first kappa shape index (κ1) is 19.2. The summed E-state index contributed by atoms with van der Waals surface area (Å²) in [6.45, 7) is 14.5. The van der Waals surface area contributed by atoms with Gasteiger partial charge in [0.05, 0.1) is 11.2 Å². The Balaban J connectivity index is 1.87. The third-order valence-corrected chi connectivity index (χ3v) is 5.98. The highest BCUT2D eigenvalue weighted by Gasteiger charge is 2.51. The van der Waals surface area contributed by atoms with E-state index >= 15 is 0 Å². The normalized spacial score (nSPS) is 18.9. The largest absolute Gasteiger partial charge is 0.494 e. The maximum atomic E-state index is 12.2. The zero-order valence-corrected chi connectivity index (χ0v) is 17.7. The van der Waals surface area contributed by atoms with Crippen molar-refractivity contribution in [2.24, 2.45) is 0 Å². The molecule has 1 aliphatic heterocycles. The van der Waals surface area contributed by atoms with Gasteiger partial charge in [0.15, 0.2) is 0 Å². The molecule has 0 atom stereocenters. The van der Waals surface area contributed by atoms with Gasteiger partial charge in [0, 0.05) is 28.8 Å². The van der Waals surface area contributed by atoms with Gasteiger partial charge in [0.25, 0.3) is 5.56 Å². The lowest BCUT2D eigenvalue weighted by Crippen LogP contribution is -2.41. The van der Waals surface area contributed by atoms with Crippen molar-refractivity contribution in [1.82, 2.24) is 9.38 Å². The predicted molar refractivity (Wildman–Crippen MR) is 113 cm³/mol. The smallest absolute Gasteiger partial charge is 0.399 e. The van der Waals surface area contributed by atoms with Gasteiger partial charge in [-0.15, -0.1) is 0 Å². The Hall–Kier alpha value is -2.18. The van der Waals surface area contributed by atoms with Crippen LogP contribution in [0.1, 0.15) is 54.2 Å². The number of hydrogen-bond acceptors (Lipinski definition) is 4. The number of hydrogen-bond donors (Lipinski definition) is 0. The molecule has 0 saturated carbocycles. The van der Waals surface area contributed by atoms with Gasteiger partial charge in [-0.1, -0.05) is 39.0 Å². The number of pyridine rings is 1. The maximum Gasteiger partial charge on any atom is 0.494 e. The second-order valence-electron chi connectivity index (χ2n) is 9.67. The maximum absolute atomic E-state index is 12.2. The van der Waals surface area contributed by atoms with Gasteiger partial charge in [-0.05, 0) is 44.6 Å². The number of benzene rings is 1. The van der Waals surface area contributed by atoms with Crippen LogP contribution in [0.5, 0.6) is 0 Å². The van der Waals surface area contributed by atoms with Crippen molar-refractivity contribution in [3.8, 4) is 0 Å².